The molecule has 76 valence electrons. The fraction of sp³-hybridized carbons (Fsp3) is 1.00. The van der Waals surface area contributed by atoms with Crippen molar-refractivity contribution in [1.29, 1.82) is 0 Å². The van der Waals surface area contributed by atoms with Gasteiger partial charge in [-0.25, -0.2) is 0 Å². The molecular formula is C13H24. The van der Waals surface area contributed by atoms with Gasteiger partial charge in [-0.15, -0.1) is 0 Å². The molecular weight excluding hydrogens is 156 g/mol. The first-order valence-electron chi connectivity index (χ1n) is 6.09. The van der Waals surface area contributed by atoms with Crippen molar-refractivity contribution >= 4 is 0 Å². The Morgan fingerprint density at radius 2 is 1.23 bits per heavy atom. The number of fused-ring (bicyclic) bond motifs is 2. The van der Waals surface area contributed by atoms with Crippen LogP contribution in [0.3, 0.4) is 0 Å². The minimum absolute atomic E-state index is 0.566. The summed E-state index contributed by atoms with van der Waals surface area (Å²) in [7, 11) is 0. The van der Waals surface area contributed by atoms with Crippen LogP contribution in [0, 0.1) is 23.2 Å². The Labute approximate surface area is 83.1 Å². The Balaban J connectivity index is 2.16. The fourth-order valence-electron chi connectivity index (χ4n) is 4.05. The molecule has 2 fully saturated rings. The van der Waals surface area contributed by atoms with Gasteiger partial charge < -0.3 is 0 Å². The molecule has 13 heavy (non-hydrogen) atoms. The Morgan fingerprint density at radius 1 is 0.769 bits per heavy atom. The lowest BCUT2D eigenvalue weighted by Crippen LogP contribution is -2.28. The van der Waals surface area contributed by atoms with Gasteiger partial charge in [0.05, 0.1) is 0 Å². The van der Waals surface area contributed by atoms with Gasteiger partial charge in [0.1, 0.15) is 0 Å². The molecule has 0 saturated heterocycles. The maximum absolute atomic E-state index is 2.45. The summed E-state index contributed by atoms with van der Waals surface area (Å²) in [4.78, 5) is 0. The first-order chi connectivity index (χ1) is 6.09. The van der Waals surface area contributed by atoms with E-state index in [1.54, 1.807) is 0 Å². The van der Waals surface area contributed by atoms with Gasteiger partial charge in [0, 0.05) is 0 Å². The van der Waals surface area contributed by atoms with Crippen molar-refractivity contribution in [2.24, 2.45) is 23.2 Å². The Hall–Kier alpha value is 0. The summed E-state index contributed by atoms with van der Waals surface area (Å²) >= 11 is 0. The van der Waals surface area contributed by atoms with Crippen LogP contribution in [0.2, 0.25) is 0 Å². The maximum Gasteiger partial charge on any atom is -0.0309 e. The highest BCUT2D eigenvalue weighted by atomic mass is 14.5. The van der Waals surface area contributed by atoms with E-state index >= 15 is 0 Å². The predicted molar refractivity (Wildman–Crippen MR) is 57.6 cm³/mol. The summed E-state index contributed by atoms with van der Waals surface area (Å²) in [6.45, 7) is 7.36. The van der Waals surface area contributed by atoms with Crippen molar-refractivity contribution < 1.29 is 0 Å². The van der Waals surface area contributed by atoms with Crippen LogP contribution in [0.1, 0.15) is 59.3 Å². The highest BCUT2D eigenvalue weighted by molar-refractivity contribution is 4.92. The molecule has 0 nitrogen and oxygen atoms in total. The van der Waals surface area contributed by atoms with Crippen molar-refractivity contribution in [2.45, 2.75) is 59.3 Å². The van der Waals surface area contributed by atoms with E-state index < -0.39 is 0 Å². The summed E-state index contributed by atoms with van der Waals surface area (Å²) in [6.07, 6.45) is 9.14. The average molecular weight is 180 g/mol. The first kappa shape index (κ1) is 9.55. The quantitative estimate of drug-likeness (QED) is 0.523. The van der Waals surface area contributed by atoms with Gasteiger partial charge >= 0.3 is 0 Å². The Kier molecular flexibility index (Phi) is 2.42. The van der Waals surface area contributed by atoms with Crippen LogP contribution in [0.5, 0.6) is 0 Å². The van der Waals surface area contributed by atoms with Gasteiger partial charge in [0.2, 0.25) is 0 Å². The fourth-order valence-corrected chi connectivity index (χ4v) is 4.05. The monoisotopic (exact) mass is 180 g/mol. The standard InChI is InChI=1S/C13H24/c1-13(2,3)12-10-6-4-5-7-11(12)9-8-10/h10-12H,4-9H2,1-3H3. The number of hydrogen-bond acceptors (Lipinski definition) is 0. The van der Waals surface area contributed by atoms with E-state index in [2.05, 4.69) is 20.8 Å². The molecule has 0 heteroatoms. The van der Waals surface area contributed by atoms with Crippen molar-refractivity contribution in [2.75, 3.05) is 0 Å². The topological polar surface area (TPSA) is 0 Å². The van der Waals surface area contributed by atoms with Gasteiger partial charge in [-0.3, -0.25) is 0 Å². The Morgan fingerprint density at radius 3 is 1.62 bits per heavy atom. The van der Waals surface area contributed by atoms with Gasteiger partial charge in [-0.05, 0) is 36.0 Å². The highest BCUT2D eigenvalue weighted by Gasteiger charge is 2.43. The van der Waals surface area contributed by atoms with Gasteiger partial charge in [-0.2, -0.15) is 0 Å². The summed E-state index contributed by atoms with van der Waals surface area (Å²) in [6, 6.07) is 0. The summed E-state index contributed by atoms with van der Waals surface area (Å²) in [5, 5.41) is 0. The van der Waals surface area contributed by atoms with Crippen LogP contribution < -0.4 is 0 Å². The molecule has 0 aliphatic heterocycles. The normalized spacial score (nSPS) is 40.4. The molecule has 0 spiro atoms. The van der Waals surface area contributed by atoms with Crippen molar-refractivity contribution in [3.8, 4) is 0 Å². The molecule has 0 aromatic heterocycles. The van der Waals surface area contributed by atoms with Gasteiger partial charge in [0.15, 0.2) is 0 Å². The lowest BCUT2D eigenvalue weighted by molar-refractivity contribution is 0.139. The van der Waals surface area contributed by atoms with E-state index in [0.29, 0.717) is 5.41 Å². The molecule has 2 atom stereocenters. The van der Waals surface area contributed by atoms with E-state index in [1.165, 1.54) is 38.5 Å². The molecule has 2 aliphatic rings. The third-order valence-corrected chi connectivity index (χ3v) is 4.32. The molecule has 2 rings (SSSR count). The van der Waals surface area contributed by atoms with E-state index in [1.807, 2.05) is 0 Å². The van der Waals surface area contributed by atoms with Gasteiger partial charge in [-0.1, -0.05) is 46.5 Å². The summed E-state index contributed by atoms with van der Waals surface area (Å²) in [5.74, 6) is 3.19. The first-order valence-corrected chi connectivity index (χ1v) is 6.09. The SMILES string of the molecule is CC(C)(C)C1C2CCCCC1CC2. The molecule has 0 heterocycles. The minimum Gasteiger partial charge on any atom is -0.0599 e. The van der Waals surface area contributed by atoms with Crippen LogP contribution >= 0.6 is 0 Å². The number of rotatable bonds is 0. The third-order valence-electron chi connectivity index (χ3n) is 4.32. The van der Waals surface area contributed by atoms with Crippen molar-refractivity contribution in [3.05, 3.63) is 0 Å². The summed E-state index contributed by atoms with van der Waals surface area (Å²) < 4.78 is 0. The van der Waals surface area contributed by atoms with E-state index in [9.17, 15) is 0 Å². The van der Waals surface area contributed by atoms with Crippen LogP contribution in [-0.2, 0) is 0 Å². The van der Waals surface area contributed by atoms with Gasteiger partial charge in [0.25, 0.3) is 0 Å². The molecule has 2 bridgehead atoms. The van der Waals surface area contributed by atoms with E-state index in [-0.39, 0.29) is 0 Å². The zero-order valence-corrected chi connectivity index (χ0v) is 9.47. The lowest BCUT2D eigenvalue weighted by atomic mass is 9.70. The minimum atomic E-state index is 0.566. The second-order valence-electron chi connectivity index (χ2n) is 6.27. The molecule has 0 radical (unpaired) electrons. The zero-order chi connectivity index (χ0) is 9.47. The van der Waals surface area contributed by atoms with Crippen molar-refractivity contribution in [1.82, 2.24) is 0 Å². The van der Waals surface area contributed by atoms with Crippen LogP contribution in [-0.4, -0.2) is 0 Å². The summed E-state index contributed by atoms with van der Waals surface area (Å²) in [5.41, 5.74) is 0.566. The highest BCUT2D eigenvalue weighted by Crippen LogP contribution is 2.52. The zero-order valence-electron chi connectivity index (χ0n) is 9.47. The average Bonchev–Trinajstić information content (AvgIpc) is 2.22. The van der Waals surface area contributed by atoms with Crippen molar-refractivity contribution in [3.63, 3.8) is 0 Å². The predicted octanol–water partition coefficient (Wildman–Crippen LogP) is 4.25. The van der Waals surface area contributed by atoms with E-state index in [0.717, 1.165) is 17.8 Å². The largest absolute Gasteiger partial charge is 0.0599 e. The lowest BCUT2D eigenvalue weighted by Gasteiger charge is -2.35. The smallest absolute Gasteiger partial charge is 0.0309 e. The molecule has 2 aliphatic carbocycles. The molecule has 0 amide bonds. The van der Waals surface area contributed by atoms with Crippen LogP contribution in [0.15, 0.2) is 0 Å². The third kappa shape index (κ3) is 1.78. The molecule has 0 aromatic carbocycles. The van der Waals surface area contributed by atoms with Crippen LogP contribution in [0.4, 0.5) is 0 Å². The maximum atomic E-state index is 2.45. The molecule has 2 unspecified atom stereocenters. The molecule has 0 aromatic rings. The molecule has 2 saturated carbocycles. The second kappa shape index (κ2) is 3.29. The number of hydrogen-bond donors (Lipinski definition) is 0. The second-order valence-corrected chi connectivity index (χ2v) is 6.27. The Bertz CT molecular complexity index is 161. The molecule has 0 N–H and O–H groups in total. The van der Waals surface area contributed by atoms with Crippen LogP contribution in [0.25, 0.3) is 0 Å². The van der Waals surface area contributed by atoms with E-state index in [4.69, 9.17) is 0 Å².